The Hall–Kier alpha value is 0.140. The smallest absolute Gasteiger partial charge is 0.168 e. The van der Waals surface area contributed by atoms with Gasteiger partial charge in [-0.1, -0.05) is 6.08 Å². The van der Waals surface area contributed by atoms with E-state index in [9.17, 15) is 4.79 Å². The van der Waals surface area contributed by atoms with Gasteiger partial charge in [-0.2, -0.15) is 0 Å². The fourth-order valence-corrected chi connectivity index (χ4v) is 1.47. The number of carbonyl (C=O) groups is 1. The molecule has 0 fully saturated rings. The van der Waals surface area contributed by atoms with Crippen LogP contribution in [-0.4, -0.2) is 5.78 Å². The zero-order valence-electron chi connectivity index (χ0n) is 5.19. The van der Waals surface area contributed by atoms with Crippen molar-refractivity contribution in [3.63, 3.8) is 0 Å². The highest BCUT2D eigenvalue weighted by molar-refractivity contribution is 14.1. The molecule has 2 heteroatoms. The minimum absolute atomic E-state index is 0.327. The minimum Gasteiger partial charge on any atom is -0.294 e. The predicted molar refractivity (Wildman–Crippen MR) is 45.6 cm³/mol. The molecule has 0 aliphatic heterocycles. The number of carbonyl (C=O) groups excluding carboxylic acids is 1. The Kier molecular flexibility index (Phi) is 2.69. The first-order valence-electron chi connectivity index (χ1n) is 3.19. The Balaban J connectivity index is 2.61. The normalized spacial score (nSPS) is 21.0. The van der Waals surface area contributed by atoms with E-state index in [0.717, 1.165) is 22.8 Å². The van der Waals surface area contributed by atoms with Gasteiger partial charge in [-0.25, -0.2) is 0 Å². The number of allylic oxidation sites excluding steroid dienone is 2. The lowest BCUT2D eigenvalue weighted by Crippen LogP contribution is -1.93. The summed E-state index contributed by atoms with van der Waals surface area (Å²) in [6.45, 7) is 0. The first-order valence-corrected chi connectivity index (χ1v) is 4.27. The Labute approximate surface area is 68.7 Å². The second-order valence-electron chi connectivity index (χ2n) is 2.22. The van der Waals surface area contributed by atoms with Crippen LogP contribution in [0.1, 0.15) is 25.7 Å². The van der Waals surface area contributed by atoms with Crippen LogP contribution in [0.25, 0.3) is 0 Å². The molecule has 0 amide bonds. The van der Waals surface area contributed by atoms with Gasteiger partial charge < -0.3 is 0 Å². The fourth-order valence-electron chi connectivity index (χ4n) is 0.892. The van der Waals surface area contributed by atoms with Gasteiger partial charge in [0.25, 0.3) is 0 Å². The summed E-state index contributed by atoms with van der Waals surface area (Å²) < 4.78 is 0.935. The van der Waals surface area contributed by atoms with Crippen molar-refractivity contribution in [3.05, 3.63) is 9.66 Å². The molecule has 50 valence electrons. The van der Waals surface area contributed by atoms with Gasteiger partial charge in [0.15, 0.2) is 5.78 Å². The second kappa shape index (κ2) is 3.34. The summed E-state index contributed by atoms with van der Waals surface area (Å²) in [7, 11) is 0. The molecule has 0 bridgehead atoms. The molecule has 1 aliphatic carbocycles. The third kappa shape index (κ3) is 2.08. The highest BCUT2D eigenvalue weighted by Crippen LogP contribution is 2.18. The van der Waals surface area contributed by atoms with Crippen molar-refractivity contribution in [1.82, 2.24) is 0 Å². The molecule has 0 aromatic rings. The maximum atomic E-state index is 10.9. The van der Waals surface area contributed by atoms with Crippen molar-refractivity contribution < 1.29 is 4.79 Å². The Morgan fingerprint density at radius 3 is 3.00 bits per heavy atom. The van der Waals surface area contributed by atoms with E-state index in [4.69, 9.17) is 0 Å². The third-order valence-electron chi connectivity index (χ3n) is 1.45. The van der Waals surface area contributed by atoms with Gasteiger partial charge in [0.1, 0.15) is 0 Å². The maximum Gasteiger partial charge on any atom is 0.168 e. The number of hydrogen-bond acceptors (Lipinski definition) is 1. The molecule has 1 aliphatic rings. The molecule has 0 spiro atoms. The monoisotopic (exact) mass is 236 g/mol. The topological polar surface area (TPSA) is 17.1 Å². The first kappa shape index (κ1) is 7.25. The van der Waals surface area contributed by atoms with Crippen LogP contribution in [0.3, 0.4) is 0 Å². The van der Waals surface area contributed by atoms with E-state index < -0.39 is 0 Å². The van der Waals surface area contributed by atoms with E-state index in [-0.39, 0.29) is 0 Å². The standard InChI is InChI=1S/C7H9IO/c8-6-4-2-1-3-5-7(6)9/h4H,1-3,5H2. The minimum atomic E-state index is 0.327. The number of halogens is 1. The summed E-state index contributed by atoms with van der Waals surface area (Å²) in [5.41, 5.74) is 0. The molecule has 0 aromatic carbocycles. The van der Waals surface area contributed by atoms with Crippen LogP contribution < -0.4 is 0 Å². The summed E-state index contributed by atoms with van der Waals surface area (Å²) in [6.07, 6.45) is 6.13. The molecule has 0 atom stereocenters. The maximum absolute atomic E-state index is 10.9. The summed E-state index contributed by atoms with van der Waals surface area (Å²) in [5, 5.41) is 0. The van der Waals surface area contributed by atoms with Gasteiger partial charge in [-0.3, -0.25) is 4.79 Å². The van der Waals surface area contributed by atoms with Crippen LogP contribution in [0.2, 0.25) is 0 Å². The van der Waals surface area contributed by atoms with Crippen molar-refractivity contribution >= 4 is 28.4 Å². The van der Waals surface area contributed by atoms with Crippen LogP contribution in [0.4, 0.5) is 0 Å². The van der Waals surface area contributed by atoms with Gasteiger partial charge in [0, 0.05) is 6.42 Å². The third-order valence-corrected chi connectivity index (χ3v) is 2.49. The summed E-state index contributed by atoms with van der Waals surface area (Å²) in [4.78, 5) is 10.9. The van der Waals surface area contributed by atoms with Crippen LogP contribution in [0.5, 0.6) is 0 Å². The quantitative estimate of drug-likeness (QED) is 0.590. The molecular weight excluding hydrogens is 227 g/mol. The van der Waals surface area contributed by atoms with Gasteiger partial charge >= 0.3 is 0 Å². The lowest BCUT2D eigenvalue weighted by atomic mass is 10.2. The Morgan fingerprint density at radius 2 is 2.22 bits per heavy atom. The second-order valence-corrected chi connectivity index (χ2v) is 3.38. The Bertz CT molecular complexity index is 149. The molecule has 1 nitrogen and oxygen atoms in total. The lowest BCUT2D eigenvalue weighted by molar-refractivity contribution is -0.114. The van der Waals surface area contributed by atoms with Crippen molar-refractivity contribution in [2.45, 2.75) is 25.7 Å². The predicted octanol–water partition coefficient (Wildman–Crippen LogP) is 2.45. The van der Waals surface area contributed by atoms with Crippen molar-refractivity contribution in [3.8, 4) is 0 Å². The molecule has 1 rings (SSSR count). The van der Waals surface area contributed by atoms with E-state index in [1.165, 1.54) is 6.42 Å². The number of Topliss-reactive ketones (excluding diaryl/α,β-unsaturated/α-hetero) is 1. The molecule has 0 heterocycles. The van der Waals surface area contributed by atoms with Gasteiger partial charge in [-0.15, -0.1) is 0 Å². The zero-order valence-corrected chi connectivity index (χ0v) is 7.35. The van der Waals surface area contributed by atoms with Gasteiger partial charge in [-0.05, 0) is 41.9 Å². The van der Waals surface area contributed by atoms with Gasteiger partial charge in [0.2, 0.25) is 0 Å². The van der Waals surface area contributed by atoms with Crippen LogP contribution >= 0.6 is 22.6 Å². The largest absolute Gasteiger partial charge is 0.294 e. The Morgan fingerprint density at radius 1 is 1.44 bits per heavy atom. The zero-order chi connectivity index (χ0) is 6.69. The highest BCUT2D eigenvalue weighted by atomic mass is 127. The number of hydrogen-bond donors (Lipinski definition) is 0. The van der Waals surface area contributed by atoms with E-state index in [0.29, 0.717) is 5.78 Å². The average molecular weight is 236 g/mol. The SMILES string of the molecule is O=C1CCCCC=C1I. The molecule has 0 aromatic heterocycles. The molecule has 0 saturated heterocycles. The van der Waals surface area contributed by atoms with E-state index in [1.807, 2.05) is 6.08 Å². The number of ketones is 1. The van der Waals surface area contributed by atoms with Crippen molar-refractivity contribution in [1.29, 1.82) is 0 Å². The lowest BCUT2D eigenvalue weighted by Gasteiger charge is -1.90. The molecule has 0 radical (unpaired) electrons. The van der Waals surface area contributed by atoms with Crippen molar-refractivity contribution in [2.75, 3.05) is 0 Å². The molecule has 0 unspecified atom stereocenters. The van der Waals surface area contributed by atoms with E-state index in [1.54, 1.807) is 0 Å². The summed E-state index contributed by atoms with van der Waals surface area (Å²) >= 11 is 2.12. The fraction of sp³-hybridized carbons (Fsp3) is 0.571. The van der Waals surface area contributed by atoms with Crippen LogP contribution in [-0.2, 0) is 4.79 Å². The summed E-state index contributed by atoms with van der Waals surface area (Å²) in [6, 6.07) is 0. The van der Waals surface area contributed by atoms with Crippen LogP contribution in [0, 0.1) is 0 Å². The van der Waals surface area contributed by atoms with Crippen LogP contribution in [0.15, 0.2) is 9.66 Å². The highest BCUT2D eigenvalue weighted by Gasteiger charge is 2.07. The molecule has 0 saturated carbocycles. The van der Waals surface area contributed by atoms with E-state index in [2.05, 4.69) is 22.6 Å². The molecule has 0 N–H and O–H groups in total. The average Bonchev–Trinajstić information content (AvgIpc) is 1.99. The number of rotatable bonds is 0. The van der Waals surface area contributed by atoms with Gasteiger partial charge in [0.05, 0.1) is 3.58 Å². The molecular formula is C7H9IO. The molecule has 9 heavy (non-hydrogen) atoms. The van der Waals surface area contributed by atoms with E-state index >= 15 is 0 Å². The first-order chi connectivity index (χ1) is 4.30. The van der Waals surface area contributed by atoms with Crippen molar-refractivity contribution in [2.24, 2.45) is 0 Å². The summed E-state index contributed by atoms with van der Waals surface area (Å²) in [5.74, 6) is 0.327.